The summed E-state index contributed by atoms with van der Waals surface area (Å²) >= 11 is 1.44. The van der Waals surface area contributed by atoms with Crippen molar-refractivity contribution in [3.63, 3.8) is 0 Å². The zero-order chi connectivity index (χ0) is 13.8. The molecule has 2 N–H and O–H groups in total. The molecule has 1 aromatic heterocycles. The number of benzene rings is 2. The van der Waals surface area contributed by atoms with Crippen LogP contribution in [0, 0.1) is 0 Å². The Morgan fingerprint density at radius 2 is 1.86 bits per heavy atom. The summed E-state index contributed by atoms with van der Waals surface area (Å²) in [6, 6.07) is 18.0. The highest BCUT2D eigenvalue weighted by molar-refractivity contribution is 8.93. The fourth-order valence-electron chi connectivity index (χ4n) is 1.91. The Labute approximate surface area is 138 Å². The third kappa shape index (κ3) is 4.06. The molecule has 108 valence electrons. The van der Waals surface area contributed by atoms with Crippen molar-refractivity contribution in [2.75, 3.05) is 5.73 Å². The van der Waals surface area contributed by atoms with Crippen molar-refractivity contribution in [2.24, 2.45) is 0 Å². The van der Waals surface area contributed by atoms with Crippen LogP contribution in [0.2, 0.25) is 0 Å². The first kappa shape index (κ1) is 15.5. The SMILES string of the molecule is Br.Nc1nc(-c2cccc(OCc3ccccc3)c2)cs1. The van der Waals surface area contributed by atoms with E-state index >= 15 is 0 Å². The van der Waals surface area contributed by atoms with E-state index in [0.717, 1.165) is 22.6 Å². The molecule has 1 heterocycles. The molecular weight excluding hydrogens is 348 g/mol. The maximum absolute atomic E-state index is 5.81. The standard InChI is InChI=1S/C16H14N2OS.BrH/c17-16-18-15(11-20-16)13-7-4-8-14(9-13)19-10-12-5-2-1-3-6-12;/h1-9,11H,10H2,(H2,17,18);1H. The van der Waals surface area contributed by atoms with Gasteiger partial charge in [-0.1, -0.05) is 42.5 Å². The Balaban J connectivity index is 0.00000161. The second-order valence-electron chi connectivity index (χ2n) is 4.37. The van der Waals surface area contributed by atoms with E-state index in [1.54, 1.807) is 0 Å². The Kier molecular flexibility index (Phi) is 5.36. The Bertz CT molecular complexity index is 700. The summed E-state index contributed by atoms with van der Waals surface area (Å²) in [6.07, 6.45) is 0. The van der Waals surface area contributed by atoms with Gasteiger partial charge in [0.1, 0.15) is 12.4 Å². The fraction of sp³-hybridized carbons (Fsp3) is 0.0625. The van der Waals surface area contributed by atoms with Gasteiger partial charge in [-0.05, 0) is 17.7 Å². The van der Waals surface area contributed by atoms with Crippen molar-refractivity contribution in [1.82, 2.24) is 4.98 Å². The molecule has 3 nitrogen and oxygen atoms in total. The monoisotopic (exact) mass is 362 g/mol. The lowest BCUT2D eigenvalue weighted by Crippen LogP contribution is -1.95. The molecule has 0 aliphatic rings. The van der Waals surface area contributed by atoms with Crippen LogP contribution in [0.15, 0.2) is 60.0 Å². The lowest BCUT2D eigenvalue weighted by Gasteiger charge is -2.07. The van der Waals surface area contributed by atoms with Gasteiger partial charge in [0.25, 0.3) is 0 Å². The van der Waals surface area contributed by atoms with Crippen molar-refractivity contribution in [1.29, 1.82) is 0 Å². The van der Waals surface area contributed by atoms with Crippen LogP contribution in [0.4, 0.5) is 5.13 Å². The smallest absolute Gasteiger partial charge is 0.180 e. The van der Waals surface area contributed by atoms with Gasteiger partial charge in [0.2, 0.25) is 0 Å². The summed E-state index contributed by atoms with van der Waals surface area (Å²) in [7, 11) is 0. The number of nitrogen functional groups attached to an aromatic ring is 1. The maximum atomic E-state index is 5.81. The van der Waals surface area contributed by atoms with Gasteiger partial charge in [0, 0.05) is 10.9 Å². The second-order valence-corrected chi connectivity index (χ2v) is 5.26. The number of anilines is 1. The molecule has 0 saturated carbocycles. The number of aromatic nitrogens is 1. The zero-order valence-corrected chi connectivity index (χ0v) is 13.8. The van der Waals surface area contributed by atoms with Crippen LogP contribution < -0.4 is 10.5 Å². The molecule has 0 amide bonds. The van der Waals surface area contributed by atoms with Crippen LogP contribution in [-0.4, -0.2) is 4.98 Å². The van der Waals surface area contributed by atoms with Gasteiger partial charge in [-0.3, -0.25) is 0 Å². The number of thiazole rings is 1. The van der Waals surface area contributed by atoms with E-state index in [1.165, 1.54) is 11.3 Å². The lowest BCUT2D eigenvalue weighted by atomic mass is 10.1. The third-order valence-electron chi connectivity index (χ3n) is 2.90. The number of rotatable bonds is 4. The van der Waals surface area contributed by atoms with Crippen molar-refractivity contribution < 1.29 is 4.74 Å². The molecule has 2 aromatic carbocycles. The first-order valence-electron chi connectivity index (χ1n) is 6.29. The van der Waals surface area contributed by atoms with E-state index in [2.05, 4.69) is 4.98 Å². The normalized spacial score (nSPS) is 9.90. The maximum Gasteiger partial charge on any atom is 0.180 e. The molecular formula is C16H15BrN2OS. The molecule has 0 spiro atoms. The minimum atomic E-state index is 0. The van der Waals surface area contributed by atoms with Crippen LogP contribution >= 0.6 is 28.3 Å². The number of hydrogen-bond donors (Lipinski definition) is 1. The van der Waals surface area contributed by atoms with Gasteiger partial charge < -0.3 is 10.5 Å². The molecule has 3 aromatic rings. The van der Waals surface area contributed by atoms with Crippen molar-refractivity contribution in [2.45, 2.75) is 6.61 Å². The minimum absolute atomic E-state index is 0. The Morgan fingerprint density at radius 1 is 1.05 bits per heavy atom. The second kappa shape index (κ2) is 7.24. The lowest BCUT2D eigenvalue weighted by molar-refractivity contribution is 0.306. The van der Waals surface area contributed by atoms with Gasteiger partial charge in [-0.15, -0.1) is 28.3 Å². The van der Waals surface area contributed by atoms with E-state index in [1.807, 2.05) is 60.0 Å². The van der Waals surface area contributed by atoms with Crippen molar-refractivity contribution in [3.05, 3.63) is 65.5 Å². The Morgan fingerprint density at radius 3 is 2.57 bits per heavy atom. The zero-order valence-electron chi connectivity index (χ0n) is 11.2. The minimum Gasteiger partial charge on any atom is -0.489 e. The molecule has 0 unspecified atom stereocenters. The first-order chi connectivity index (χ1) is 9.81. The Hall–Kier alpha value is -1.85. The molecule has 5 heteroatoms. The van der Waals surface area contributed by atoms with E-state index in [4.69, 9.17) is 10.5 Å². The average molecular weight is 363 g/mol. The molecule has 0 radical (unpaired) electrons. The highest BCUT2D eigenvalue weighted by atomic mass is 79.9. The molecule has 0 aliphatic heterocycles. The van der Waals surface area contributed by atoms with Gasteiger partial charge >= 0.3 is 0 Å². The molecule has 0 fully saturated rings. The quantitative estimate of drug-likeness (QED) is 0.740. The van der Waals surface area contributed by atoms with Gasteiger partial charge in [-0.25, -0.2) is 4.98 Å². The molecule has 0 bridgehead atoms. The van der Waals surface area contributed by atoms with Gasteiger partial charge in [-0.2, -0.15) is 0 Å². The van der Waals surface area contributed by atoms with E-state index in [0.29, 0.717) is 11.7 Å². The number of nitrogens with two attached hydrogens (primary N) is 1. The van der Waals surface area contributed by atoms with E-state index in [-0.39, 0.29) is 17.0 Å². The number of hydrogen-bond acceptors (Lipinski definition) is 4. The van der Waals surface area contributed by atoms with E-state index < -0.39 is 0 Å². The summed E-state index contributed by atoms with van der Waals surface area (Å²) in [5.74, 6) is 0.831. The number of nitrogens with zero attached hydrogens (tertiary/aromatic N) is 1. The predicted molar refractivity (Wildman–Crippen MR) is 93.1 cm³/mol. The first-order valence-corrected chi connectivity index (χ1v) is 7.17. The topological polar surface area (TPSA) is 48.1 Å². The highest BCUT2D eigenvalue weighted by Crippen LogP contribution is 2.26. The molecule has 0 aliphatic carbocycles. The summed E-state index contributed by atoms with van der Waals surface area (Å²) in [4.78, 5) is 4.28. The summed E-state index contributed by atoms with van der Waals surface area (Å²) in [5, 5.41) is 2.53. The predicted octanol–water partition coefficient (Wildman–Crippen LogP) is 4.55. The third-order valence-corrected chi connectivity index (χ3v) is 3.57. The van der Waals surface area contributed by atoms with E-state index in [9.17, 15) is 0 Å². The number of halogens is 1. The van der Waals surface area contributed by atoms with Gasteiger partial charge in [0.15, 0.2) is 5.13 Å². The number of ether oxygens (including phenoxy) is 1. The summed E-state index contributed by atoms with van der Waals surface area (Å²) in [5.41, 5.74) is 8.72. The van der Waals surface area contributed by atoms with Crippen LogP contribution in [0.5, 0.6) is 5.75 Å². The van der Waals surface area contributed by atoms with Crippen molar-refractivity contribution in [3.8, 4) is 17.0 Å². The average Bonchev–Trinajstić information content (AvgIpc) is 2.93. The molecule has 3 rings (SSSR count). The molecule has 0 saturated heterocycles. The largest absolute Gasteiger partial charge is 0.489 e. The van der Waals surface area contributed by atoms with Crippen LogP contribution in [0.3, 0.4) is 0 Å². The molecule has 21 heavy (non-hydrogen) atoms. The summed E-state index contributed by atoms with van der Waals surface area (Å²) in [6.45, 7) is 0.559. The van der Waals surface area contributed by atoms with Gasteiger partial charge in [0.05, 0.1) is 5.69 Å². The summed E-state index contributed by atoms with van der Waals surface area (Å²) < 4.78 is 5.81. The van der Waals surface area contributed by atoms with Crippen molar-refractivity contribution >= 4 is 33.4 Å². The highest BCUT2D eigenvalue weighted by Gasteiger charge is 2.04. The fourth-order valence-corrected chi connectivity index (χ4v) is 2.48. The van der Waals surface area contributed by atoms with Crippen LogP contribution in [0.1, 0.15) is 5.56 Å². The van der Waals surface area contributed by atoms with Crippen LogP contribution in [-0.2, 0) is 6.61 Å². The molecule has 0 atom stereocenters. The van der Waals surface area contributed by atoms with Crippen LogP contribution in [0.25, 0.3) is 11.3 Å².